The molecule has 1 heterocycles. The van der Waals surface area contributed by atoms with Gasteiger partial charge in [0.05, 0.1) is 12.7 Å². The van der Waals surface area contributed by atoms with Crippen molar-refractivity contribution in [3.8, 4) is 0 Å². The predicted octanol–water partition coefficient (Wildman–Crippen LogP) is 2.12. The topological polar surface area (TPSA) is 32.3 Å². The molecule has 0 radical (unpaired) electrons. The molecule has 1 atom stereocenters. The fourth-order valence-corrected chi connectivity index (χ4v) is 2.85. The average molecular weight is 224 g/mol. The van der Waals surface area contributed by atoms with Crippen molar-refractivity contribution in [2.24, 2.45) is 5.41 Å². The molecule has 0 spiro atoms. The Morgan fingerprint density at radius 1 is 1.38 bits per heavy atom. The molecule has 0 aromatic rings. The first-order chi connectivity index (χ1) is 7.71. The summed E-state index contributed by atoms with van der Waals surface area (Å²) in [4.78, 5) is 14.1. The predicted molar refractivity (Wildman–Crippen MR) is 65.0 cm³/mol. The fourth-order valence-electron chi connectivity index (χ4n) is 2.85. The molecular formula is C13H24N2O. The Balaban J connectivity index is 1.85. The molecule has 1 amide bonds. The molecule has 0 bridgehead atoms. The average Bonchev–Trinajstić information content (AvgIpc) is 2.94. The maximum absolute atomic E-state index is 12.1. The van der Waals surface area contributed by atoms with E-state index in [1.165, 1.54) is 25.7 Å². The zero-order valence-corrected chi connectivity index (χ0v) is 10.6. The minimum Gasteiger partial charge on any atom is -0.328 e. The molecule has 16 heavy (non-hydrogen) atoms. The summed E-state index contributed by atoms with van der Waals surface area (Å²) in [6.07, 6.45) is 7.24. The Kier molecular flexibility index (Phi) is 3.53. The Labute approximate surface area is 98.6 Å². The smallest absolute Gasteiger partial charge is 0.240 e. The summed E-state index contributed by atoms with van der Waals surface area (Å²) in [6, 6.07) is 0.0995. The Hall–Kier alpha value is -0.570. The second-order valence-corrected chi connectivity index (χ2v) is 5.49. The normalized spacial score (nSPS) is 27.5. The third-order valence-electron chi connectivity index (χ3n) is 3.98. The molecule has 3 nitrogen and oxygen atoms in total. The second kappa shape index (κ2) is 4.74. The Morgan fingerprint density at radius 3 is 2.69 bits per heavy atom. The Morgan fingerprint density at radius 2 is 2.12 bits per heavy atom. The molecule has 2 fully saturated rings. The van der Waals surface area contributed by atoms with Crippen LogP contribution >= 0.6 is 0 Å². The lowest BCUT2D eigenvalue weighted by molar-refractivity contribution is -0.129. The lowest BCUT2D eigenvalue weighted by Gasteiger charge is -2.22. The standard InChI is InChI=1S/C13H24N2O/c1-3-5-11-12(16)15(10-14-11)9-13(6-4-2)7-8-13/h11,14H,3-10H2,1-2H3. The lowest BCUT2D eigenvalue weighted by Crippen LogP contribution is -2.34. The van der Waals surface area contributed by atoms with E-state index in [0.717, 1.165) is 26.1 Å². The zero-order chi connectivity index (χ0) is 11.6. The van der Waals surface area contributed by atoms with Crippen LogP contribution in [0.15, 0.2) is 0 Å². The number of carbonyl (C=O) groups excluding carboxylic acids is 1. The molecule has 1 unspecified atom stereocenters. The van der Waals surface area contributed by atoms with Crippen LogP contribution in [0.25, 0.3) is 0 Å². The van der Waals surface area contributed by atoms with Crippen LogP contribution in [-0.2, 0) is 4.79 Å². The van der Waals surface area contributed by atoms with Gasteiger partial charge in [-0.15, -0.1) is 0 Å². The molecule has 0 aromatic carbocycles. The fraction of sp³-hybridized carbons (Fsp3) is 0.923. The van der Waals surface area contributed by atoms with Gasteiger partial charge in [-0.3, -0.25) is 10.1 Å². The number of amides is 1. The van der Waals surface area contributed by atoms with Gasteiger partial charge in [0.25, 0.3) is 0 Å². The van der Waals surface area contributed by atoms with Crippen LogP contribution in [0.3, 0.4) is 0 Å². The van der Waals surface area contributed by atoms with E-state index < -0.39 is 0 Å². The van der Waals surface area contributed by atoms with Gasteiger partial charge in [0.1, 0.15) is 0 Å². The van der Waals surface area contributed by atoms with Crippen molar-refractivity contribution in [3.05, 3.63) is 0 Å². The van der Waals surface area contributed by atoms with Crippen LogP contribution in [0.1, 0.15) is 52.4 Å². The number of carbonyl (C=O) groups is 1. The van der Waals surface area contributed by atoms with Crippen LogP contribution in [0.4, 0.5) is 0 Å². The highest BCUT2D eigenvalue weighted by Gasteiger charge is 2.45. The van der Waals surface area contributed by atoms with E-state index in [0.29, 0.717) is 11.3 Å². The number of hydrogen-bond donors (Lipinski definition) is 1. The van der Waals surface area contributed by atoms with E-state index in [4.69, 9.17) is 0 Å². The highest BCUT2D eigenvalue weighted by molar-refractivity contribution is 5.83. The van der Waals surface area contributed by atoms with Crippen molar-refractivity contribution in [1.29, 1.82) is 0 Å². The lowest BCUT2D eigenvalue weighted by atomic mass is 10.00. The number of nitrogens with zero attached hydrogens (tertiary/aromatic N) is 1. The quantitative estimate of drug-likeness (QED) is 0.749. The van der Waals surface area contributed by atoms with Crippen molar-refractivity contribution in [3.63, 3.8) is 0 Å². The first-order valence-electron chi connectivity index (χ1n) is 6.73. The second-order valence-electron chi connectivity index (χ2n) is 5.49. The zero-order valence-electron chi connectivity index (χ0n) is 10.6. The molecule has 92 valence electrons. The molecule has 1 aliphatic carbocycles. The summed E-state index contributed by atoms with van der Waals surface area (Å²) in [5.74, 6) is 0.337. The van der Waals surface area contributed by atoms with Gasteiger partial charge in [-0.25, -0.2) is 0 Å². The van der Waals surface area contributed by atoms with E-state index in [9.17, 15) is 4.79 Å². The molecule has 1 saturated heterocycles. The SMILES string of the molecule is CCCC1NCN(CC2(CCC)CC2)C1=O. The van der Waals surface area contributed by atoms with Gasteiger partial charge in [0.15, 0.2) is 0 Å². The van der Waals surface area contributed by atoms with Crippen molar-refractivity contribution in [2.45, 2.75) is 58.4 Å². The van der Waals surface area contributed by atoms with Gasteiger partial charge in [0.2, 0.25) is 5.91 Å². The third-order valence-corrected chi connectivity index (χ3v) is 3.98. The molecule has 0 aromatic heterocycles. The van der Waals surface area contributed by atoms with Gasteiger partial charge >= 0.3 is 0 Å². The van der Waals surface area contributed by atoms with Crippen molar-refractivity contribution in [2.75, 3.05) is 13.2 Å². The molecular weight excluding hydrogens is 200 g/mol. The van der Waals surface area contributed by atoms with Gasteiger partial charge in [-0.2, -0.15) is 0 Å². The van der Waals surface area contributed by atoms with Gasteiger partial charge in [-0.1, -0.05) is 26.7 Å². The van der Waals surface area contributed by atoms with Crippen molar-refractivity contribution in [1.82, 2.24) is 10.2 Å². The number of hydrogen-bond acceptors (Lipinski definition) is 2. The van der Waals surface area contributed by atoms with Crippen molar-refractivity contribution >= 4 is 5.91 Å². The van der Waals surface area contributed by atoms with E-state index in [1.807, 2.05) is 4.90 Å². The first kappa shape index (κ1) is 11.9. The summed E-state index contributed by atoms with van der Waals surface area (Å²) in [5.41, 5.74) is 0.493. The van der Waals surface area contributed by atoms with Crippen molar-refractivity contribution < 1.29 is 4.79 Å². The van der Waals surface area contributed by atoms with Crippen LogP contribution in [0.5, 0.6) is 0 Å². The van der Waals surface area contributed by atoms with Gasteiger partial charge in [-0.05, 0) is 31.1 Å². The maximum Gasteiger partial charge on any atom is 0.240 e. The first-order valence-corrected chi connectivity index (χ1v) is 6.73. The molecule has 1 saturated carbocycles. The van der Waals surface area contributed by atoms with Crippen LogP contribution in [0.2, 0.25) is 0 Å². The summed E-state index contributed by atoms with van der Waals surface area (Å²) in [5, 5.41) is 3.33. The minimum absolute atomic E-state index is 0.0995. The van der Waals surface area contributed by atoms with Crippen LogP contribution < -0.4 is 5.32 Å². The van der Waals surface area contributed by atoms with Gasteiger partial charge in [0, 0.05) is 6.54 Å². The summed E-state index contributed by atoms with van der Waals surface area (Å²) in [6.45, 7) is 6.14. The monoisotopic (exact) mass is 224 g/mol. The largest absolute Gasteiger partial charge is 0.328 e. The van der Waals surface area contributed by atoms with Crippen LogP contribution in [-0.4, -0.2) is 30.1 Å². The molecule has 1 aliphatic heterocycles. The van der Waals surface area contributed by atoms with E-state index in [2.05, 4.69) is 19.2 Å². The third kappa shape index (κ3) is 2.40. The maximum atomic E-state index is 12.1. The molecule has 2 rings (SSSR count). The highest BCUT2D eigenvalue weighted by atomic mass is 16.2. The van der Waals surface area contributed by atoms with E-state index >= 15 is 0 Å². The minimum atomic E-state index is 0.0995. The molecule has 1 N–H and O–H groups in total. The van der Waals surface area contributed by atoms with E-state index in [1.54, 1.807) is 0 Å². The Bertz CT molecular complexity index is 261. The van der Waals surface area contributed by atoms with Crippen LogP contribution in [0, 0.1) is 5.41 Å². The number of rotatable bonds is 6. The summed E-state index contributed by atoms with van der Waals surface area (Å²) in [7, 11) is 0. The molecule has 3 heteroatoms. The van der Waals surface area contributed by atoms with E-state index in [-0.39, 0.29) is 6.04 Å². The summed E-state index contributed by atoms with van der Waals surface area (Å²) < 4.78 is 0. The van der Waals surface area contributed by atoms with Gasteiger partial charge < -0.3 is 4.90 Å². The highest BCUT2D eigenvalue weighted by Crippen LogP contribution is 2.50. The summed E-state index contributed by atoms with van der Waals surface area (Å²) >= 11 is 0. The number of nitrogens with one attached hydrogen (secondary N) is 1. The molecule has 2 aliphatic rings.